The number of carbonyl (C=O) groups is 1. The fourth-order valence-electron chi connectivity index (χ4n) is 1.99. The number of hydrogen-bond donors (Lipinski definition) is 2. The summed E-state index contributed by atoms with van der Waals surface area (Å²) in [5.41, 5.74) is 5.82. The van der Waals surface area contributed by atoms with Gasteiger partial charge >= 0.3 is 6.03 Å². The summed E-state index contributed by atoms with van der Waals surface area (Å²) in [6, 6.07) is 14.0. The van der Waals surface area contributed by atoms with E-state index < -0.39 is 6.03 Å². The number of hydrogen-bond acceptors (Lipinski definition) is 4. The molecule has 21 heavy (non-hydrogen) atoms. The maximum atomic E-state index is 11.1. The average Bonchev–Trinajstić information content (AvgIpc) is 2.48. The summed E-state index contributed by atoms with van der Waals surface area (Å²) >= 11 is 0. The van der Waals surface area contributed by atoms with E-state index >= 15 is 0 Å². The van der Waals surface area contributed by atoms with Gasteiger partial charge in [-0.05, 0) is 24.3 Å². The molecule has 0 saturated heterocycles. The van der Waals surface area contributed by atoms with Crippen molar-refractivity contribution in [3.05, 3.63) is 54.9 Å². The molecular weight excluding hydrogens is 268 g/mol. The molecule has 0 aliphatic rings. The molecule has 0 radical (unpaired) electrons. The van der Waals surface area contributed by atoms with Crippen molar-refractivity contribution in [2.45, 2.75) is 0 Å². The lowest BCUT2D eigenvalue weighted by Gasteiger charge is -2.11. The molecule has 0 bridgehead atoms. The zero-order valence-corrected chi connectivity index (χ0v) is 11.0. The fourth-order valence-corrected chi connectivity index (χ4v) is 1.99. The third kappa shape index (κ3) is 2.74. The van der Waals surface area contributed by atoms with Crippen molar-refractivity contribution in [1.82, 2.24) is 9.97 Å². The Morgan fingerprint density at radius 3 is 2.62 bits per heavy atom. The second kappa shape index (κ2) is 5.46. The van der Waals surface area contributed by atoms with Crippen LogP contribution in [0, 0.1) is 0 Å². The molecule has 2 amide bonds. The zero-order chi connectivity index (χ0) is 14.7. The number of rotatable bonds is 3. The number of nitrogens with zero attached hydrogens (tertiary/aromatic N) is 2. The Morgan fingerprint density at radius 1 is 1.05 bits per heavy atom. The number of carbonyl (C=O) groups excluding carboxylic acids is 1. The van der Waals surface area contributed by atoms with Gasteiger partial charge in [-0.3, -0.25) is 5.32 Å². The Balaban J connectivity index is 2.11. The van der Waals surface area contributed by atoms with E-state index in [0.717, 1.165) is 0 Å². The van der Waals surface area contributed by atoms with Crippen LogP contribution in [0.1, 0.15) is 0 Å². The highest BCUT2D eigenvalue weighted by Crippen LogP contribution is 2.32. The Labute approximate surface area is 120 Å². The standard InChI is InChI=1S/C15H12N4O2/c16-15(20)19-14-13-11(17-9-18-14)7-4-8-12(13)21-10-5-2-1-3-6-10/h1-9H,(H3,16,17,18,19,20). The van der Waals surface area contributed by atoms with Crippen molar-refractivity contribution in [3.63, 3.8) is 0 Å². The smallest absolute Gasteiger partial charge is 0.317 e. The van der Waals surface area contributed by atoms with Crippen LogP contribution in [-0.2, 0) is 0 Å². The minimum atomic E-state index is -0.690. The summed E-state index contributed by atoms with van der Waals surface area (Å²) in [7, 11) is 0. The van der Waals surface area contributed by atoms with Crippen LogP contribution < -0.4 is 15.8 Å². The summed E-state index contributed by atoms with van der Waals surface area (Å²) in [5, 5.41) is 3.08. The topological polar surface area (TPSA) is 90.1 Å². The monoisotopic (exact) mass is 280 g/mol. The molecular formula is C15H12N4O2. The van der Waals surface area contributed by atoms with Gasteiger partial charge in [-0.25, -0.2) is 14.8 Å². The van der Waals surface area contributed by atoms with Crippen LogP contribution in [0.4, 0.5) is 10.6 Å². The molecule has 6 nitrogen and oxygen atoms in total. The number of nitrogens with two attached hydrogens (primary N) is 1. The first-order valence-electron chi connectivity index (χ1n) is 6.27. The van der Waals surface area contributed by atoms with E-state index in [4.69, 9.17) is 10.5 Å². The second-order valence-corrected chi connectivity index (χ2v) is 4.28. The molecule has 0 fully saturated rings. The number of urea groups is 1. The predicted molar refractivity (Wildman–Crippen MR) is 79.3 cm³/mol. The van der Waals surface area contributed by atoms with Crippen LogP contribution in [-0.4, -0.2) is 16.0 Å². The number of benzene rings is 2. The van der Waals surface area contributed by atoms with Crippen molar-refractivity contribution < 1.29 is 9.53 Å². The Morgan fingerprint density at radius 2 is 1.86 bits per heavy atom. The molecule has 1 aromatic heterocycles. The summed E-state index contributed by atoms with van der Waals surface area (Å²) in [6.07, 6.45) is 1.36. The van der Waals surface area contributed by atoms with Crippen molar-refractivity contribution >= 4 is 22.8 Å². The quantitative estimate of drug-likeness (QED) is 0.771. The molecule has 3 N–H and O–H groups in total. The molecule has 0 atom stereocenters. The number of anilines is 1. The molecule has 3 rings (SSSR count). The summed E-state index contributed by atoms with van der Waals surface area (Å²) in [5.74, 6) is 1.54. The lowest BCUT2D eigenvalue weighted by atomic mass is 10.2. The third-order valence-corrected chi connectivity index (χ3v) is 2.84. The molecule has 0 aliphatic heterocycles. The second-order valence-electron chi connectivity index (χ2n) is 4.28. The largest absolute Gasteiger partial charge is 0.457 e. The highest BCUT2D eigenvalue weighted by Gasteiger charge is 2.11. The van der Waals surface area contributed by atoms with E-state index in [1.165, 1.54) is 6.33 Å². The molecule has 104 valence electrons. The predicted octanol–water partition coefficient (Wildman–Crippen LogP) is 2.91. The molecule has 1 heterocycles. The van der Waals surface area contributed by atoms with E-state index in [-0.39, 0.29) is 0 Å². The minimum absolute atomic E-state index is 0.319. The van der Waals surface area contributed by atoms with E-state index in [2.05, 4.69) is 15.3 Å². The fraction of sp³-hybridized carbons (Fsp3) is 0. The van der Waals surface area contributed by atoms with E-state index in [1.807, 2.05) is 36.4 Å². The third-order valence-electron chi connectivity index (χ3n) is 2.84. The van der Waals surface area contributed by atoms with Crippen LogP contribution in [0.5, 0.6) is 11.5 Å². The average molecular weight is 280 g/mol. The van der Waals surface area contributed by atoms with E-state index in [9.17, 15) is 4.79 Å². The van der Waals surface area contributed by atoms with Crippen molar-refractivity contribution in [2.75, 3.05) is 5.32 Å². The molecule has 0 aliphatic carbocycles. The first kappa shape index (κ1) is 12.9. The number of amides is 2. The van der Waals surface area contributed by atoms with Crippen LogP contribution >= 0.6 is 0 Å². The molecule has 0 saturated carbocycles. The van der Waals surface area contributed by atoms with Crippen molar-refractivity contribution in [1.29, 1.82) is 0 Å². The number of primary amides is 1. The van der Waals surface area contributed by atoms with Gasteiger partial charge in [0.2, 0.25) is 0 Å². The lowest BCUT2D eigenvalue weighted by molar-refractivity contribution is 0.259. The number of aromatic nitrogens is 2. The Kier molecular flexibility index (Phi) is 3.34. The number of para-hydroxylation sites is 1. The van der Waals surface area contributed by atoms with Gasteiger partial charge in [-0.2, -0.15) is 0 Å². The SMILES string of the molecule is NC(=O)Nc1ncnc2cccc(Oc3ccccc3)c12. The first-order chi connectivity index (χ1) is 10.2. The van der Waals surface area contributed by atoms with Gasteiger partial charge in [-0.1, -0.05) is 24.3 Å². The van der Waals surface area contributed by atoms with Gasteiger partial charge in [-0.15, -0.1) is 0 Å². The maximum absolute atomic E-state index is 11.1. The van der Waals surface area contributed by atoms with Crippen LogP contribution in [0.15, 0.2) is 54.9 Å². The number of ether oxygens (including phenoxy) is 1. The number of fused-ring (bicyclic) bond motifs is 1. The molecule has 0 spiro atoms. The normalized spacial score (nSPS) is 10.3. The van der Waals surface area contributed by atoms with E-state index in [1.54, 1.807) is 12.1 Å². The highest BCUT2D eigenvalue weighted by molar-refractivity contribution is 6.01. The lowest BCUT2D eigenvalue weighted by Crippen LogP contribution is -2.20. The van der Waals surface area contributed by atoms with Crippen molar-refractivity contribution in [2.24, 2.45) is 5.73 Å². The first-order valence-corrected chi connectivity index (χ1v) is 6.27. The Hall–Kier alpha value is -3.15. The Bertz CT molecular complexity index is 785. The number of nitrogens with one attached hydrogen (secondary N) is 1. The molecule has 2 aromatic carbocycles. The zero-order valence-electron chi connectivity index (χ0n) is 11.0. The van der Waals surface area contributed by atoms with Gasteiger partial charge in [0.05, 0.1) is 10.9 Å². The van der Waals surface area contributed by atoms with Crippen LogP contribution in [0.25, 0.3) is 10.9 Å². The summed E-state index contributed by atoms with van der Waals surface area (Å²) < 4.78 is 5.84. The molecule has 0 unspecified atom stereocenters. The molecule has 6 heteroatoms. The van der Waals surface area contributed by atoms with Gasteiger partial charge in [0.1, 0.15) is 23.6 Å². The van der Waals surface area contributed by atoms with Crippen LogP contribution in [0.3, 0.4) is 0 Å². The van der Waals surface area contributed by atoms with Crippen LogP contribution in [0.2, 0.25) is 0 Å². The van der Waals surface area contributed by atoms with Gasteiger partial charge in [0.25, 0.3) is 0 Å². The van der Waals surface area contributed by atoms with Gasteiger partial charge in [0.15, 0.2) is 0 Å². The van der Waals surface area contributed by atoms with Gasteiger partial charge < -0.3 is 10.5 Å². The highest BCUT2D eigenvalue weighted by atomic mass is 16.5. The van der Waals surface area contributed by atoms with Gasteiger partial charge in [0, 0.05) is 0 Å². The minimum Gasteiger partial charge on any atom is -0.457 e. The summed E-state index contributed by atoms with van der Waals surface area (Å²) in [4.78, 5) is 19.3. The van der Waals surface area contributed by atoms with E-state index in [0.29, 0.717) is 28.2 Å². The maximum Gasteiger partial charge on any atom is 0.317 e. The summed E-state index contributed by atoms with van der Waals surface area (Å²) in [6.45, 7) is 0. The molecule has 3 aromatic rings. The van der Waals surface area contributed by atoms with Crippen molar-refractivity contribution in [3.8, 4) is 11.5 Å².